The molecule has 2 aromatic heterocycles. The van der Waals surface area contributed by atoms with Gasteiger partial charge in [-0.15, -0.1) is 0 Å². The largest absolute Gasteiger partial charge is 0.475 e. The summed E-state index contributed by atoms with van der Waals surface area (Å²) >= 11 is 0. The van der Waals surface area contributed by atoms with Gasteiger partial charge in [-0.25, -0.2) is 4.98 Å². The summed E-state index contributed by atoms with van der Waals surface area (Å²) in [7, 11) is 0. The second-order valence-corrected chi connectivity index (χ2v) is 9.90. The number of alkyl halides is 3. The average molecular weight is 637 g/mol. The summed E-state index contributed by atoms with van der Waals surface area (Å²) in [4.78, 5) is 8.31. The molecule has 0 spiro atoms. The van der Waals surface area contributed by atoms with Crippen LogP contribution in [0.3, 0.4) is 0 Å². The zero-order chi connectivity index (χ0) is 33.1. The molecule has 0 amide bonds. The molecule has 0 fully saturated rings. The predicted molar refractivity (Wildman–Crippen MR) is 169 cm³/mol. The fourth-order valence-corrected chi connectivity index (χ4v) is 4.38. The summed E-state index contributed by atoms with van der Waals surface area (Å²) in [6, 6.07) is 8.70. The lowest BCUT2D eigenvalue weighted by Gasteiger charge is -2.17. The van der Waals surface area contributed by atoms with Crippen LogP contribution in [0.2, 0.25) is 0 Å². The van der Waals surface area contributed by atoms with Gasteiger partial charge in [0.2, 0.25) is 5.88 Å². The van der Waals surface area contributed by atoms with Crippen molar-refractivity contribution >= 4 is 0 Å². The Balaban J connectivity index is 0.00000345. The minimum atomic E-state index is -4.64. The molecule has 1 atom stereocenters. The zero-order valence-electron chi connectivity index (χ0n) is 27.0. The number of pyridine rings is 2. The molecule has 11 heteroatoms. The molecule has 0 aliphatic carbocycles. The van der Waals surface area contributed by atoms with Crippen molar-refractivity contribution in [1.82, 2.24) is 9.97 Å². The van der Waals surface area contributed by atoms with Gasteiger partial charge in [-0.3, -0.25) is 4.98 Å². The first-order valence-electron chi connectivity index (χ1n) is 15.4. The number of nitrogens with zero attached hydrogens (tertiary/aromatic N) is 2. The van der Waals surface area contributed by atoms with E-state index in [1.54, 1.807) is 6.20 Å². The van der Waals surface area contributed by atoms with Crippen LogP contribution in [0.4, 0.5) is 13.2 Å². The van der Waals surface area contributed by atoms with Crippen molar-refractivity contribution in [2.24, 2.45) is 0 Å². The van der Waals surface area contributed by atoms with Gasteiger partial charge in [0.1, 0.15) is 12.2 Å². The molecule has 250 valence electrons. The highest BCUT2D eigenvalue weighted by Gasteiger charge is 2.36. The van der Waals surface area contributed by atoms with Crippen molar-refractivity contribution in [3.05, 3.63) is 65.6 Å². The third-order valence-corrected chi connectivity index (χ3v) is 6.82. The van der Waals surface area contributed by atoms with Crippen LogP contribution in [0.5, 0.6) is 5.88 Å². The Labute approximate surface area is 264 Å². The lowest BCUT2D eigenvalue weighted by atomic mass is 9.89. The summed E-state index contributed by atoms with van der Waals surface area (Å²) < 4.78 is 68.3. The second-order valence-electron chi connectivity index (χ2n) is 9.90. The molecule has 1 aromatic carbocycles. The van der Waals surface area contributed by atoms with Crippen molar-refractivity contribution in [1.29, 1.82) is 0 Å². The monoisotopic (exact) mass is 636 g/mol. The number of hydrogen-bond donors (Lipinski definition) is 1. The summed E-state index contributed by atoms with van der Waals surface area (Å²) in [6.07, 6.45) is 1.35. The van der Waals surface area contributed by atoms with E-state index in [0.717, 1.165) is 29.2 Å². The van der Waals surface area contributed by atoms with Gasteiger partial charge in [0.25, 0.3) is 0 Å². The van der Waals surface area contributed by atoms with E-state index in [-0.39, 0.29) is 33.0 Å². The van der Waals surface area contributed by atoms with Crippen LogP contribution < -0.4 is 4.74 Å². The van der Waals surface area contributed by atoms with Crippen LogP contribution in [-0.2, 0) is 25.1 Å². The van der Waals surface area contributed by atoms with Gasteiger partial charge in [-0.2, -0.15) is 13.2 Å². The van der Waals surface area contributed by atoms with Crippen LogP contribution in [-0.4, -0.2) is 81.1 Å². The highest BCUT2D eigenvalue weighted by molar-refractivity contribution is 5.75. The molecule has 1 unspecified atom stereocenters. The van der Waals surface area contributed by atoms with E-state index in [4.69, 9.17) is 28.8 Å². The molecule has 3 rings (SSSR count). The Morgan fingerprint density at radius 1 is 0.778 bits per heavy atom. The van der Waals surface area contributed by atoms with E-state index in [0.29, 0.717) is 50.1 Å². The third-order valence-electron chi connectivity index (χ3n) is 6.82. The fraction of sp³-hybridized carbons (Fsp3) is 0.529. The van der Waals surface area contributed by atoms with Crippen LogP contribution in [0.1, 0.15) is 56.7 Å². The van der Waals surface area contributed by atoms with E-state index >= 15 is 0 Å². The molecule has 8 nitrogen and oxygen atoms in total. The minimum Gasteiger partial charge on any atom is -0.475 e. The molecule has 0 aliphatic rings. The van der Waals surface area contributed by atoms with E-state index in [1.807, 2.05) is 51.2 Å². The van der Waals surface area contributed by atoms with Gasteiger partial charge in [0, 0.05) is 29.7 Å². The molecule has 0 bridgehead atoms. The number of aryl methyl sites for hydroxylation is 1. The van der Waals surface area contributed by atoms with Gasteiger partial charge in [-0.1, -0.05) is 45.9 Å². The predicted octanol–water partition coefficient (Wildman–Crippen LogP) is 7.12. The Hall–Kier alpha value is -3.09. The zero-order valence-corrected chi connectivity index (χ0v) is 27.0. The SMILES string of the molecule is CC.CCC(C)c1ccncc1-c1ccc(-c2cnc(OCCOCCOCCOCCOCCO)c(C(F)(F)F)c2)cc1C. The first-order chi connectivity index (χ1) is 21.8. The molecule has 0 aliphatic heterocycles. The van der Waals surface area contributed by atoms with E-state index in [2.05, 4.69) is 23.8 Å². The van der Waals surface area contributed by atoms with Gasteiger partial charge in [0.15, 0.2) is 0 Å². The maximum Gasteiger partial charge on any atom is 0.421 e. The number of rotatable bonds is 19. The Kier molecular flexibility index (Phi) is 17.6. The summed E-state index contributed by atoms with van der Waals surface area (Å²) in [5.41, 5.74) is 4.18. The van der Waals surface area contributed by atoms with E-state index in [1.165, 1.54) is 11.8 Å². The Bertz CT molecular complexity index is 1260. The fourth-order valence-electron chi connectivity index (χ4n) is 4.38. The topological polar surface area (TPSA) is 92.2 Å². The van der Waals surface area contributed by atoms with E-state index < -0.39 is 17.6 Å². The molecule has 3 aromatic rings. The molecule has 0 saturated carbocycles. The number of aliphatic hydroxyl groups is 1. The van der Waals surface area contributed by atoms with Gasteiger partial charge < -0.3 is 28.8 Å². The van der Waals surface area contributed by atoms with Gasteiger partial charge >= 0.3 is 6.18 Å². The van der Waals surface area contributed by atoms with E-state index in [9.17, 15) is 13.2 Å². The number of benzene rings is 1. The molecular formula is C34H47F3N2O6. The van der Waals surface area contributed by atoms with Crippen LogP contribution in [0.25, 0.3) is 22.3 Å². The number of aliphatic hydroxyl groups excluding tert-OH is 1. The molecule has 0 radical (unpaired) electrons. The Morgan fingerprint density at radius 3 is 1.93 bits per heavy atom. The lowest BCUT2D eigenvalue weighted by molar-refractivity contribution is -0.139. The third kappa shape index (κ3) is 12.7. The van der Waals surface area contributed by atoms with Gasteiger partial charge in [-0.05, 0) is 53.6 Å². The molecule has 45 heavy (non-hydrogen) atoms. The summed E-state index contributed by atoms with van der Waals surface area (Å²) in [5.74, 6) is -0.139. The Morgan fingerprint density at radius 2 is 1.38 bits per heavy atom. The normalized spacial score (nSPS) is 12.0. The number of aromatic nitrogens is 2. The maximum atomic E-state index is 13.9. The van der Waals surface area contributed by atoms with Crippen LogP contribution in [0, 0.1) is 6.92 Å². The molecule has 0 saturated heterocycles. The first-order valence-corrected chi connectivity index (χ1v) is 15.4. The van der Waals surface area contributed by atoms with Crippen molar-refractivity contribution in [2.45, 2.75) is 53.1 Å². The summed E-state index contributed by atoms with van der Waals surface area (Å²) in [5, 5.41) is 8.61. The standard InChI is InChI=1S/C32H41F3N2O6.C2H6/c1-4-23(2)28-7-8-36-22-29(28)27-6-5-25(19-24(27)3)26-20-30(32(33,34)35)31(37-21-26)43-18-17-42-16-15-41-14-13-40-12-11-39-10-9-38;1-2/h5-8,19-23,38H,4,9-18H2,1-3H3;1-2H3. The highest BCUT2D eigenvalue weighted by Crippen LogP contribution is 2.39. The molecular weight excluding hydrogens is 589 g/mol. The van der Waals surface area contributed by atoms with Crippen molar-refractivity contribution in [2.75, 3.05) is 66.1 Å². The smallest absolute Gasteiger partial charge is 0.421 e. The van der Waals surface area contributed by atoms with Gasteiger partial charge in [0.05, 0.1) is 59.5 Å². The van der Waals surface area contributed by atoms with Crippen LogP contribution >= 0.6 is 0 Å². The van der Waals surface area contributed by atoms with Crippen LogP contribution in [0.15, 0.2) is 48.9 Å². The summed E-state index contributed by atoms with van der Waals surface area (Å²) in [6.45, 7) is 12.6. The number of hydrogen-bond acceptors (Lipinski definition) is 8. The second kappa shape index (κ2) is 20.8. The first kappa shape index (κ1) is 38.1. The highest BCUT2D eigenvalue weighted by atomic mass is 19.4. The molecule has 2 heterocycles. The number of halogens is 3. The average Bonchev–Trinajstić information content (AvgIpc) is 3.05. The maximum absolute atomic E-state index is 13.9. The lowest BCUT2D eigenvalue weighted by Crippen LogP contribution is -2.16. The molecule has 1 N–H and O–H groups in total. The van der Waals surface area contributed by atoms with Crippen molar-refractivity contribution in [3.8, 4) is 28.1 Å². The minimum absolute atomic E-state index is 0.0249. The quantitative estimate of drug-likeness (QED) is 0.139. The van der Waals surface area contributed by atoms with Crippen molar-refractivity contribution in [3.63, 3.8) is 0 Å². The van der Waals surface area contributed by atoms with Crippen molar-refractivity contribution < 1.29 is 42.0 Å². The number of ether oxygens (including phenoxy) is 5.